The number of allylic oxidation sites excluding steroid dienone is 1. The first-order valence-electron chi connectivity index (χ1n) is 6.86. The smallest absolute Gasteiger partial charge is 1.00 e. The summed E-state index contributed by atoms with van der Waals surface area (Å²) in [6.45, 7) is 1.96. The molecule has 0 spiro atoms. The number of benzene rings is 2. The number of hydrogen-bond donors (Lipinski definition) is 0. The first-order chi connectivity index (χ1) is 10.2. The molecule has 1 heterocycles. The summed E-state index contributed by atoms with van der Waals surface area (Å²) in [5.74, 6) is 0. The minimum absolute atomic E-state index is 0. The molecular weight excluding hydrogens is 299 g/mol. The maximum atomic E-state index is 10.6. The Morgan fingerprint density at radius 3 is 2.64 bits per heavy atom. The maximum absolute atomic E-state index is 10.6. The number of aryl methyl sites for hydroxylation is 2. The Kier molecular flexibility index (Phi) is 5.89. The zero-order valence-corrected chi connectivity index (χ0v) is 16.2. The number of fused-ring (bicyclic) bond motifs is 1. The second kappa shape index (κ2) is 7.48. The third-order valence-electron chi connectivity index (χ3n) is 3.65. The van der Waals surface area contributed by atoms with Crippen LogP contribution in [0, 0.1) is 6.92 Å². The Morgan fingerprint density at radius 1 is 1.14 bits per heavy atom. The average molecular weight is 316 g/mol. The van der Waals surface area contributed by atoms with Gasteiger partial charge in [-0.25, -0.2) is 0 Å². The SMILES string of the molecule is Cc1nn(C)c(-c2cccc3ccccc23)c1/C=C/C=O.[H-].[K+]. The Morgan fingerprint density at radius 2 is 1.86 bits per heavy atom. The number of carbonyl (C=O) groups is 1. The summed E-state index contributed by atoms with van der Waals surface area (Å²) in [7, 11) is 1.93. The molecule has 1 aromatic heterocycles. The predicted molar refractivity (Wildman–Crippen MR) is 87.1 cm³/mol. The zero-order valence-electron chi connectivity index (χ0n) is 14.1. The summed E-state index contributed by atoms with van der Waals surface area (Å²) in [6.07, 6.45) is 4.13. The van der Waals surface area contributed by atoms with E-state index in [2.05, 4.69) is 29.4 Å². The van der Waals surface area contributed by atoms with Crippen LogP contribution in [0.25, 0.3) is 28.1 Å². The molecule has 3 rings (SSSR count). The first kappa shape index (κ1) is 17.3. The molecule has 0 fully saturated rings. The molecular formula is C18H17KN2O. The predicted octanol–water partition coefficient (Wildman–Crippen LogP) is 0.877. The van der Waals surface area contributed by atoms with Crippen molar-refractivity contribution in [3.8, 4) is 11.3 Å². The van der Waals surface area contributed by atoms with Gasteiger partial charge in [0.15, 0.2) is 0 Å². The molecule has 0 aliphatic heterocycles. The van der Waals surface area contributed by atoms with Crippen molar-refractivity contribution < 1.29 is 57.6 Å². The van der Waals surface area contributed by atoms with Crippen LogP contribution >= 0.6 is 0 Å². The largest absolute Gasteiger partial charge is 1.00 e. The molecule has 2 aromatic carbocycles. The van der Waals surface area contributed by atoms with E-state index in [0.29, 0.717) is 0 Å². The molecule has 4 heteroatoms. The maximum Gasteiger partial charge on any atom is 1.00 e. The van der Waals surface area contributed by atoms with Crippen LogP contribution in [-0.2, 0) is 11.8 Å². The molecule has 0 unspecified atom stereocenters. The van der Waals surface area contributed by atoms with E-state index in [1.165, 1.54) is 16.8 Å². The van der Waals surface area contributed by atoms with E-state index < -0.39 is 0 Å². The third-order valence-corrected chi connectivity index (χ3v) is 3.65. The van der Waals surface area contributed by atoms with Crippen LogP contribution in [0.5, 0.6) is 0 Å². The van der Waals surface area contributed by atoms with Crippen LogP contribution in [-0.4, -0.2) is 16.1 Å². The van der Waals surface area contributed by atoms with Gasteiger partial charge < -0.3 is 1.43 Å². The first-order valence-corrected chi connectivity index (χ1v) is 6.86. The molecule has 0 radical (unpaired) electrons. The van der Waals surface area contributed by atoms with Gasteiger partial charge in [0.05, 0.1) is 11.4 Å². The molecule has 0 atom stereocenters. The Bertz CT molecular complexity index is 850. The standard InChI is InChI=1S/C18H16N2O.K.H/c1-13-15(11-6-12-21)18(20(2)19-13)17-10-5-8-14-7-3-4-9-16(14)17;;/h3-12H,1-2H3;;/q;+1;-1/b11-6+;;. The minimum Gasteiger partial charge on any atom is -1.00 e. The second-order valence-electron chi connectivity index (χ2n) is 4.99. The van der Waals surface area contributed by atoms with Crippen molar-refractivity contribution in [2.45, 2.75) is 6.92 Å². The molecule has 22 heavy (non-hydrogen) atoms. The van der Waals surface area contributed by atoms with Crippen molar-refractivity contribution in [3.05, 3.63) is 59.8 Å². The average Bonchev–Trinajstić information content (AvgIpc) is 2.78. The van der Waals surface area contributed by atoms with Gasteiger partial charge in [-0.05, 0) is 29.8 Å². The van der Waals surface area contributed by atoms with Gasteiger partial charge in [-0.2, -0.15) is 5.10 Å². The zero-order chi connectivity index (χ0) is 14.8. The van der Waals surface area contributed by atoms with Crippen LogP contribution in [0.1, 0.15) is 12.7 Å². The van der Waals surface area contributed by atoms with E-state index in [4.69, 9.17) is 0 Å². The summed E-state index contributed by atoms with van der Waals surface area (Å²) in [4.78, 5) is 10.6. The van der Waals surface area contributed by atoms with Crippen molar-refractivity contribution >= 4 is 23.1 Å². The molecule has 0 aliphatic carbocycles. The third kappa shape index (κ3) is 3.16. The van der Waals surface area contributed by atoms with Gasteiger partial charge in [0.25, 0.3) is 0 Å². The van der Waals surface area contributed by atoms with E-state index in [0.717, 1.165) is 28.8 Å². The molecule has 0 saturated carbocycles. The fourth-order valence-corrected chi connectivity index (χ4v) is 2.76. The van der Waals surface area contributed by atoms with Gasteiger partial charge in [0.2, 0.25) is 0 Å². The molecule has 0 aliphatic rings. The van der Waals surface area contributed by atoms with Gasteiger partial charge in [-0.15, -0.1) is 0 Å². The van der Waals surface area contributed by atoms with E-state index in [1.54, 1.807) is 0 Å². The number of hydrogen-bond acceptors (Lipinski definition) is 2. The van der Waals surface area contributed by atoms with Crippen LogP contribution < -0.4 is 51.4 Å². The number of aromatic nitrogens is 2. The molecule has 106 valence electrons. The van der Waals surface area contributed by atoms with Crippen LogP contribution in [0.15, 0.2) is 48.5 Å². The number of aldehydes is 1. The van der Waals surface area contributed by atoms with Crippen molar-refractivity contribution in [2.75, 3.05) is 0 Å². The van der Waals surface area contributed by atoms with E-state index in [-0.39, 0.29) is 52.8 Å². The van der Waals surface area contributed by atoms with Crippen LogP contribution in [0.4, 0.5) is 0 Å². The van der Waals surface area contributed by atoms with Crippen molar-refractivity contribution in [3.63, 3.8) is 0 Å². The summed E-state index contributed by atoms with van der Waals surface area (Å²) < 4.78 is 1.88. The van der Waals surface area contributed by atoms with Crippen molar-refractivity contribution in [1.29, 1.82) is 0 Å². The number of rotatable bonds is 3. The quantitative estimate of drug-likeness (QED) is 0.408. The fraction of sp³-hybridized carbons (Fsp3) is 0.111. The molecule has 0 bridgehead atoms. The molecule has 3 nitrogen and oxygen atoms in total. The van der Waals surface area contributed by atoms with E-state index in [9.17, 15) is 4.79 Å². The molecule has 0 amide bonds. The number of nitrogens with zero attached hydrogens (tertiary/aromatic N) is 2. The summed E-state index contributed by atoms with van der Waals surface area (Å²) in [5, 5.41) is 6.87. The van der Waals surface area contributed by atoms with E-state index in [1.807, 2.05) is 42.9 Å². The number of carbonyl (C=O) groups excluding carboxylic acids is 1. The Labute approximate surface area is 173 Å². The van der Waals surface area contributed by atoms with Gasteiger partial charge >= 0.3 is 51.4 Å². The molecule has 0 N–H and O–H groups in total. The minimum atomic E-state index is 0. The van der Waals surface area contributed by atoms with Crippen molar-refractivity contribution in [1.82, 2.24) is 9.78 Å². The van der Waals surface area contributed by atoms with Gasteiger partial charge in [-0.1, -0.05) is 42.5 Å². The van der Waals surface area contributed by atoms with Gasteiger partial charge in [-0.3, -0.25) is 9.48 Å². The summed E-state index contributed by atoms with van der Waals surface area (Å²) >= 11 is 0. The molecule has 3 aromatic rings. The second-order valence-corrected chi connectivity index (χ2v) is 4.99. The van der Waals surface area contributed by atoms with Gasteiger partial charge in [0.1, 0.15) is 6.29 Å². The van der Waals surface area contributed by atoms with Crippen LogP contribution in [0.2, 0.25) is 0 Å². The monoisotopic (exact) mass is 316 g/mol. The summed E-state index contributed by atoms with van der Waals surface area (Å²) in [5.41, 5.74) is 4.06. The van der Waals surface area contributed by atoms with Crippen LogP contribution in [0.3, 0.4) is 0 Å². The topological polar surface area (TPSA) is 34.9 Å². The van der Waals surface area contributed by atoms with Crippen molar-refractivity contribution in [2.24, 2.45) is 7.05 Å². The Balaban J connectivity index is 0.00000132. The normalized spacial score (nSPS) is 10.8. The van der Waals surface area contributed by atoms with Gasteiger partial charge in [0, 0.05) is 18.2 Å². The summed E-state index contributed by atoms with van der Waals surface area (Å²) in [6, 6.07) is 14.5. The fourth-order valence-electron chi connectivity index (χ4n) is 2.76. The van der Waals surface area contributed by atoms with E-state index >= 15 is 0 Å². The molecule has 0 saturated heterocycles. The Hall–Kier alpha value is -1.04.